The van der Waals surface area contributed by atoms with Crippen molar-refractivity contribution >= 4 is 17.7 Å². The van der Waals surface area contributed by atoms with E-state index in [0.29, 0.717) is 24.9 Å². The summed E-state index contributed by atoms with van der Waals surface area (Å²) in [6.07, 6.45) is 4.63. The molecule has 192 valence electrons. The van der Waals surface area contributed by atoms with Crippen LogP contribution in [0.1, 0.15) is 81.9 Å². The average Bonchev–Trinajstić information content (AvgIpc) is 2.82. The summed E-state index contributed by atoms with van der Waals surface area (Å²) in [5.74, 6) is -0.433. The normalized spacial score (nSPS) is 12.6. The third kappa shape index (κ3) is 11.9. The SMILES string of the molecule is CCCCCC(O)OC(=O)Cc1ccc(Cc2ccc(NC(=O)OC(O)CCCCC)cc2)cc1. The second kappa shape index (κ2) is 15.9. The minimum Gasteiger partial charge on any atom is -0.436 e. The van der Waals surface area contributed by atoms with Gasteiger partial charge >= 0.3 is 12.1 Å². The maximum absolute atomic E-state index is 12.0. The van der Waals surface area contributed by atoms with E-state index in [9.17, 15) is 19.8 Å². The van der Waals surface area contributed by atoms with Crippen molar-refractivity contribution < 1.29 is 29.3 Å². The van der Waals surface area contributed by atoms with Crippen LogP contribution < -0.4 is 5.32 Å². The third-order valence-corrected chi connectivity index (χ3v) is 5.60. The summed E-state index contributed by atoms with van der Waals surface area (Å²) in [4.78, 5) is 23.9. The van der Waals surface area contributed by atoms with Gasteiger partial charge in [-0.1, -0.05) is 75.9 Å². The van der Waals surface area contributed by atoms with Crippen molar-refractivity contribution in [1.29, 1.82) is 0 Å². The number of carbonyl (C=O) groups is 2. The lowest BCUT2D eigenvalue weighted by Gasteiger charge is -2.13. The molecule has 0 bridgehead atoms. The standard InChI is InChI=1S/C28H39NO6/c1-3-5-7-9-25(30)34-27(32)20-23-13-11-21(12-14-23)19-22-15-17-24(18-16-22)29-28(33)35-26(31)10-8-6-4-2/h11-18,25-26,30-31H,3-10,19-20H2,1-2H3,(H,29,33). The second-order valence-corrected chi connectivity index (χ2v) is 8.79. The van der Waals surface area contributed by atoms with E-state index in [-0.39, 0.29) is 6.42 Å². The molecule has 0 spiro atoms. The summed E-state index contributed by atoms with van der Waals surface area (Å²) in [6, 6.07) is 15.1. The summed E-state index contributed by atoms with van der Waals surface area (Å²) >= 11 is 0. The molecule has 0 fully saturated rings. The summed E-state index contributed by atoms with van der Waals surface area (Å²) in [5, 5.41) is 22.2. The van der Waals surface area contributed by atoms with Crippen LogP contribution in [0.2, 0.25) is 0 Å². The maximum Gasteiger partial charge on any atom is 0.413 e. The Bertz CT molecular complexity index is 808. The van der Waals surface area contributed by atoms with Crippen molar-refractivity contribution in [1.82, 2.24) is 0 Å². The summed E-state index contributed by atoms with van der Waals surface area (Å²) in [5.41, 5.74) is 3.56. The highest BCUT2D eigenvalue weighted by molar-refractivity contribution is 5.84. The first-order chi connectivity index (χ1) is 16.9. The van der Waals surface area contributed by atoms with Gasteiger partial charge in [0.15, 0.2) is 0 Å². The number of carbonyl (C=O) groups excluding carboxylic acids is 2. The molecule has 2 aromatic rings. The van der Waals surface area contributed by atoms with Gasteiger partial charge in [-0.05, 0) is 48.1 Å². The first-order valence-electron chi connectivity index (χ1n) is 12.6. The van der Waals surface area contributed by atoms with E-state index in [1.807, 2.05) is 36.4 Å². The first-order valence-corrected chi connectivity index (χ1v) is 12.6. The lowest BCUT2D eigenvalue weighted by molar-refractivity contribution is -0.167. The largest absolute Gasteiger partial charge is 0.436 e. The van der Waals surface area contributed by atoms with Gasteiger partial charge in [0.05, 0.1) is 6.42 Å². The fourth-order valence-corrected chi connectivity index (χ4v) is 3.60. The molecular weight excluding hydrogens is 446 g/mol. The highest BCUT2D eigenvalue weighted by Gasteiger charge is 2.12. The topological polar surface area (TPSA) is 105 Å². The Morgan fingerprint density at radius 3 is 1.77 bits per heavy atom. The van der Waals surface area contributed by atoms with Crippen molar-refractivity contribution in [3.63, 3.8) is 0 Å². The van der Waals surface area contributed by atoms with Crippen molar-refractivity contribution in [2.24, 2.45) is 0 Å². The Hall–Kier alpha value is -2.90. The number of aliphatic hydroxyl groups is 2. The quantitative estimate of drug-likeness (QED) is 0.170. The van der Waals surface area contributed by atoms with Crippen molar-refractivity contribution in [2.45, 2.75) is 90.6 Å². The zero-order valence-corrected chi connectivity index (χ0v) is 20.9. The molecule has 7 heteroatoms. The van der Waals surface area contributed by atoms with Gasteiger partial charge in [0.25, 0.3) is 0 Å². The number of amides is 1. The molecule has 0 saturated heterocycles. The second-order valence-electron chi connectivity index (χ2n) is 8.79. The van der Waals surface area contributed by atoms with Crippen LogP contribution in [-0.4, -0.2) is 34.9 Å². The number of rotatable bonds is 15. The molecule has 2 aromatic carbocycles. The van der Waals surface area contributed by atoms with E-state index in [2.05, 4.69) is 19.2 Å². The van der Waals surface area contributed by atoms with Crippen molar-refractivity contribution in [2.75, 3.05) is 5.32 Å². The van der Waals surface area contributed by atoms with Crippen LogP contribution in [0.4, 0.5) is 10.5 Å². The minimum absolute atomic E-state index is 0.120. The Morgan fingerprint density at radius 2 is 1.23 bits per heavy atom. The Kier molecular flexibility index (Phi) is 12.9. The number of anilines is 1. The Morgan fingerprint density at radius 1 is 0.743 bits per heavy atom. The predicted octanol–water partition coefficient (Wildman–Crippen LogP) is 5.71. The molecule has 3 N–H and O–H groups in total. The molecule has 0 heterocycles. The van der Waals surface area contributed by atoms with Gasteiger partial charge in [0.2, 0.25) is 12.6 Å². The molecule has 0 radical (unpaired) electrons. The molecule has 1 amide bonds. The lowest BCUT2D eigenvalue weighted by atomic mass is 10.0. The van der Waals surface area contributed by atoms with E-state index < -0.39 is 24.6 Å². The summed E-state index contributed by atoms with van der Waals surface area (Å²) in [6.45, 7) is 4.15. The molecule has 2 unspecified atom stereocenters. The van der Waals surface area contributed by atoms with Crippen LogP contribution >= 0.6 is 0 Å². The molecule has 7 nitrogen and oxygen atoms in total. The summed E-state index contributed by atoms with van der Waals surface area (Å²) in [7, 11) is 0. The summed E-state index contributed by atoms with van der Waals surface area (Å²) < 4.78 is 10.0. The van der Waals surface area contributed by atoms with E-state index in [4.69, 9.17) is 9.47 Å². The van der Waals surface area contributed by atoms with Gasteiger partial charge in [0.1, 0.15) is 0 Å². The van der Waals surface area contributed by atoms with Crippen molar-refractivity contribution in [3.8, 4) is 0 Å². The average molecular weight is 486 g/mol. The molecule has 0 aromatic heterocycles. The molecule has 2 rings (SSSR count). The van der Waals surface area contributed by atoms with Gasteiger partial charge in [-0.3, -0.25) is 10.1 Å². The van der Waals surface area contributed by atoms with Crippen molar-refractivity contribution in [3.05, 3.63) is 65.2 Å². The van der Waals surface area contributed by atoms with Crippen LogP contribution in [0, 0.1) is 0 Å². The molecule has 35 heavy (non-hydrogen) atoms. The van der Waals surface area contributed by atoms with Gasteiger partial charge in [-0.2, -0.15) is 0 Å². The zero-order chi connectivity index (χ0) is 25.5. The van der Waals surface area contributed by atoms with Crippen LogP contribution in [0.25, 0.3) is 0 Å². The Balaban J connectivity index is 1.77. The number of aliphatic hydroxyl groups excluding tert-OH is 2. The van der Waals surface area contributed by atoms with Gasteiger partial charge in [0, 0.05) is 18.5 Å². The molecule has 0 aliphatic carbocycles. The third-order valence-electron chi connectivity index (χ3n) is 5.60. The molecule has 2 atom stereocenters. The highest BCUT2D eigenvalue weighted by Crippen LogP contribution is 2.16. The Labute approximate surface area is 208 Å². The molecule has 0 aliphatic rings. The van der Waals surface area contributed by atoms with E-state index in [1.54, 1.807) is 12.1 Å². The minimum atomic E-state index is -1.10. The van der Waals surface area contributed by atoms with Crippen LogP contribution in [0.5, 0.6) is 0 Å². The zero-order valence-electron chi connectivity index (χ0n) is 20.9. The van der Waals surface area contributed by atoms with Gasteiger partial charge in [-0.25, -0.2) is 4.79 Å². The van der Waals surface area contributed by atoms with Gasteiger partial charge < -0.3 is 19.7 Å². The number of hydrogen-bond donors (Lipinski definition) is 3. The molecular formula is C28H39NO6. The fraction of sp³-hybridized carbons (Fsp3) is 0.500. The first kappa shape index (κ1) is 28.3. The number of nitrogens with one attached hydrogen (secondary N) is 1. The highest BCUT2D eigenvalue weighted by atomic mass is 16.6. The van der Waals surface area contributed by atoms with Gasteiger partial charge in [-0.15, -0.1) is 0 Å². The lowest BCUT2D eigenvalue weighted by Crippen LogP contribution is -2.22. The predicted molar refractivity (Wildman–Crippen MR) is 136 cm³/mol. The van der Waals surface area contributed by atoms with Crippen LogP contribution in [0.3, 0.4) is 0 Å². The number of hydrogen-bond acceptors (Lipinski definition) is 6. The van der Waals surface area contributed by atoms with Crippen LogP contribution in [0.15, 0.2) is 48.5 Å². The van der Waals surface area contributed by atoms with Crippen LogP contribution in [-0.2, 0) is 27.1 Å². The number of esters is 1. The molecule has 0 saturated carbocycles. The molecule has 0 aliphatic heterocycles. The fourth-order valence-electron chi connectivity index (χ4n) is 3.60. The maximum atomic E-state index is 12.0. The number of unbranched alkanes of at least 4 members (excludes halogenated alkanes) is 4. The monoisotopic (exact) mass is 485 g/mol. The smallest absolute Gasteiger partial charge is 0.413 e. The van der Waals surface area contributed by atoms with E-state index >= 15 is 0 Å². The number of ether oxygens (including phenoxy) is 2. The van der Waals surface area contributed by atoms with E-state index in [0.717, 1.165) is 55.2 Å². The van der Waals surface area contributed by atoms with E-state index in [1.165, 1.54) is 0 Å². The number of benzene rings is 2.